The zero-order valence-corrected chi connectivity index (χ0v) is 11.2. The highest BCUT2D eigenvalue weighted by molar-refractivity contribution is 7.91. The van der Waals surface area contributed by atoms with Crippen LogP contribution in [0.1, 0.15) is 40.5 Å². The highest BCUT2D eigenvalue weighted by atomic mass is 32.2. The van der Waals surface area contributed by atoms with Crippen molar-refractivity contribution in [1.29, 1.82) is 0 Å². The van der Waals surface area contributed by atoms with Crippen LogP contribution in [0.5, 0.6) is 0 Å². The molecule has 1 unspecified atom stereocenters. The van der Waals surface area contributed by atoms with Gasteiger partial charge in [-0.1, -0.05) is 27.2 Å². The zero-order chi connectivity index (χ0) is 11.9. The van der Waals surface area contributed by atoms with E-state index in [1.165, 1.54) is 0 Å². The van der Waals surface area contributed by atoms with Gasteiger partial charge >= 0.3 is 0 Å². The molecule has 0 aromatic rings. The molecule has 0 aliphatic rings. The summed E-state index contributed by atoms with van der Waals surface area (Å²) in [5, 5.41) is 3.23. The van der Waals surface area contributed by atoms with E-state index in [4.69, 9.17) is 0 Å². The van der Waals surface area contributed by atoms with Crippen LogP contribution in [0.4, 0.5) is 0 Å². The standard InChI is InChI=1S/C11H25NO2S/c1-5-6-11(4)12-7-8-15(13,14)9-10(2)3/h10-12H,5-9H2,1-4H3. The minimum absolute atomic E-state index is 0.225. The van der Waals surface area contributed by atoms with Crippen molar-refractivity contribution in [1.82, 2.24) is 5.32 Å². The summed E-state index contributed by atoms with van der Waals surface area (Å²) in [5.41, 5.74) is 0. The molecule has 0 radical (unpaired) electrons. The molecule has 0 saturated carbocycles. The van der Waals surface area contributed by atoms with Crippen LogP contribution in [0.3, 0.4) is 0 Å². The number of hydrogen-bond acceptors (Lipinski definition) is 3. The smallest absolute Gasteiger partial charge is 0.151 e. The molecule has 4 heteroatoms. The van der Waals surface area contributed by atoms with Gasteiger partial charge in [-0.15, -0.1) is 0 Å². The first kappa shape index (κ1) is 14.9. The van der Waals surface area contributed by atoms with Gasteiger partial charge in [0.05, 0.1) is 11.5 Å². The predicted octanol–water partition coefficient (Wildman–Crippen LogP) is 1.84. The third-order valence-corrected chi connectivity index (χ3v) is 4.22. The molecule has 0 aromatic carbocycles. The largest absolute Gasteiger partial charge is 0.313 e. The van der Waals surface area contributed by atoms with Crippen molar-refractivity contribution in [2.24, 2.45) is 5.92 Å². The maximum absolute atomic E-state index is 11.5. The van der Waals surface area contributed by atoms with E-state index in [-0.39, 0.29) is 11.7 Å². The van der Waals surface area contributed by atoms with Crippen LogP contribution in [0, 0.1) is 5.92 Å². The van der Waals surface area contributed by atoms with Crippen molar-refractivity contribution in [3.8, 4) is 0 Å². The summed E-state index contributed by atoms with van der Waals surface area (Å²) in [6.07, 6.45) is 2.23. The van der Waals surface area contributed by atoms with Crippen LogP contribution < -0.4 is 5.32 Å². The fourth-order valence-electron chi connectivity index (χ4n) is 1.59. The molecule has 0 bridgehead atoms. The average molecular weight is 235 g/mol. The lowest BCUT2D eigenvalue weighted by atomic mass is 10.2. The van der Waals surface area contributed by atoms with E-state index in [0.717, 1.165) is 12.8 Å². The van der Waals surface area contributed by atoms with Gasteiger partial charge in [-0.3, -0.25) is 0 Å². The molecule has 15 heavy (non-hydrogen) atoms. The maximum Gasteiger partial charge on any atom is 0.151 e. The fourth-order valence-corrected chi connectivity index (χ4v) is 3.20. The summed E-state index contributed by atoms with van der Waals surface area (Å²) in [6.45, 7) is 8.68. The Morgan fingerprint density at radius 1 is 1.20 bits per heavy atom. The maximum atomic E-state index is 11.5. The Kier molecular flexibility index (Phi) is 7.18. The lowest BCUT2D eigenvalue weighted by Crippen LogP contribution is -2.32. The summed E-state index contributed by atoms with van der Waals surface area (Å²) in [4.78, 5) is 0. The highest BCUT2D eigenvalue weighted by Crippen LogP contribution is 2.00. The van der Waals surface area contributed by atoms with Crippen molar-refractivity contribution in [3.63, 3.8) is 0 Å². The molecule has 3 nitrogen and oxygen atoms in total. The van der Waals surface area contributed by atoms with E-state index in [0.29, 0.717) is 18.3 Å². The minimum Gasteiger partial charge on any atom is -0.313 e. The van der Waals surface area contributed by atoms with Crippen molar-refractivity contribution in [2.75, 3.05) is 18.1 Å². The number of hydrogen-bond donors (Lipinski definition) is 1. The topological polar surface area (TPSA) is 46.2 Å². The minimum atomic E-state index is -2.85. The number of nitrogens with one attached hydrogen (secondary N) is 1. The first-order valence-corrected chi connectivity index (χ1v) is 7.63. The molecule has 1 atom stereocenters. The third kappa shape index (κ3) is 8.88. The normalized spacial score (nSPS) is 14.5. The molecule has 0 rings (SSSR count). The SMILES string of the molecule is CCCC(C)NCCS(=O)(=O)CC(C)C. The van der Waals surface area contributed by atoms with Gasteiger partial charge in [-0.25, -0.2) is 8.42 Å². The van der Waals surface area contributed by atoms with Gasteiger partial charge in [0.25, 0.3) is 0 Å². The molecule has 0 saturated heterocycles. The summed E-state index contributed by atoms with van der Waals surface area (Å²) in [6, 6.07) is 0.421. The highest BCUT2D eigenvalue weighted by Gasteiger charge is 2.12. The Bertz CT molecular complexity index is 247. The van der Waals surface area contributed by atoms with Gasteiger partial charge in [0, 0.05) is 12.6 Å². The molecule has 0 amide bonds. The summed E-state index contributed by atoms with van der Waals surface area (Å²) < 4.78 is 23.1. The summed E-state index contributed by atoms with van der Waals surface area (Å²) in [5.74, 6) is 0.791. The van der Waals surface area contributed by atoms with Gasteiger partial charge in [-0.05, 0) is 19.3 Å². The quantitative estimate of drug-likeness (QED) is 0.698. The van der Waals surface area contributed by atoms with Crippen molar-refractivity contribution in [2.45, 2.75) is 46.6 Å². The second-order valence-electron chi connectivity index (χ2n) is 4.65. The van der Waals surface area contributed by atoms with E-state index in [1.54, 1.807) is 0 Å². The lowest BCUT2D eigenvalue weighted by molar-refractivity contribution is 0.519. The molecule has 0 aromatic heterocycles. The predicted molar refractivity (Wildman–Crippen MR) is 65.9 cm³/mol. The van der Waals surface area contributed by atoms with Gasteiger partial charge < -0.3 is 5.32 Å². The Morgan fingerprint density at radius 3 is 2.27 bits per heavy atom. The third-order valence-electron chi connectivity index (χ3n) is 2.21. The Balaban J connectivity index is 3.75. The van der Waals surface area contributed by atoms with Crippen molar-refractivity contribution >= 4 is 9.84 Å². The molecule has 1 N–H and O–H groups in total. The van der Waals surface area contributed by atoms with E-state index in [2.05, 4.69) is 19.2 Å². The van der Waals surface area contributed by atoms with Crippen LogP contribution in [-0.2, 0) is 9.84 Å². The molecular formula is C11H25NO2S. The molecular weight excluding hydrogens is 210 g/mol. The van der Waals surface area contributed by atoms with Gasteiger partial charge in [0.2, 0.25) is 0 Å². The van der Waals surface area contributed by atoms with E-state index >= 15 is 0 Å². The number of sulfone groups is 1. The molecule has 0 fully saturated rings. The van der Waals surface area contributed by atoms with E-state index in [1.807, 2.05) is 13.8 Å². The first-order chi connectivity index (χ1) is 6.87. The van der Waals surface area contributed by atoms with E-state index in [9.17, 15) is 8.42 Å². The van der Waals surface area contributed by atoms with Gasteiger partial charge in [0.15, 0.2) is 9.84 Å². The summed E-state index contributed by atoms with van der Waals surface area (Å²) >= 11 is 0. The fraction of sp³-hybridized carbons (Fsp3) is 1.00. The van der Waals surface area contributed by atoms with Gasteiger partial charge in [0.1, 0.15) is 0 Å². The Morgan fingerprint density at radius 2 is 1.80 bits per heavy atom. The molecule has 92 valence electrons. The Hall–Kier alpha value is -0.0900. The van der Waals surface area contributed by atoms with Crippen LogP contribution in [0.25, 0.3) is 0 Å². The van der Waals surface area contributed by atoms with E-state index < -0.39 is 9.84 Å². The lowest BCUT2D eigenvalue weighted by Gasteiger charge is -2.13. The monoisotopic (exact) mass is 235 g/mol. The molecule has 0 aliphatic carbocycles. The van der Waals surface area contributed by atoms with Crippen molar-refractivity contribution < 1.29 is 8.42 Å². The zero-order valence-electron chi connectivity index (χ0n) is 10.4. The van der Waals surface area contributed by atoms with Crippen LogP contribution >= 0.6 is 0 Å². The average Bonchev–Trinajstić information content (AvgIpc) is 2.01. The van der Waals surface area contributed by atoms with Crippen LogP contribution in [0.2, 0.25) is 0 Å². The Labute approximate surface area is 94.6 Å². The second-order valence-corrected chi connectivity index (χ2v) is 6.88. The van der Waals surface area contributed by atoms with Crippen LogP contribution in [0.15, 0.2) is 0 Å². The summed E-state index contributed by atoms with van der Waals surface area (Å²) in [7, 11) is -2.85. The number of rotatable bonds is 8. The van der Waals surface area contributed by atoms with Gasteiger partial charge in [-0.2, -0.15) is 0 Å². The van der Waals surface area contributed by atoms with Crippen molar-refractivity contribution in [3.05, 3.63) is 0 Å². The second kappa shape index (κ2) is 7.23. The molecule has 0 aliphatic heterocycles. The molecule has 0 heterocycles. The molecule has 0 spiro atoms. The first-order valence-electron chi connectivity index (χ1n) is 5.81. The van der Waals surface area contributed by atoms with Crippen LogP contribution in [-0.4, -0.2) is 32.5 Å².